The van der Waals surface area contributed by atoms with E-state index < -0.39 is 5.54 Å². The zero-order valence-corrected chi connectivity index (χ0v) is 8.62. The Morgan fingerprint density at radius 1 is 1.69 bits per heavy atom. The highest BCUT2D eigenvalue weighted by Gasteiger charge is 2.19. The quantitative estimate of drug-likeness (QED) is 0.344. The normalized spacial score (nSPS) is 12.5. The van der Waals surface area contributed by atoms with Crippen molar-refractivity contribution in [3.8, 4) is 0 Å². The summed E-state index contributed by atoms with van der Waals surface area (Å²) in [5.74, 6) is 0. The van der Waals surface area contributed by atoms with Crippen molar-refractivity contribution in [3.63, 3.8) is 0 Å². The van der Waals surface area contributed by atoms with Crippen molar-refractivity contribution < 1.29 is 5.21 Å². The number of hydrogen-bond donors (Lipinski definition) is 1. The zero-order valence-electron chi connectivity index (χ0n) is 7.80. The number of oxime groups is 1. The Labute approximate surface area is 80.8 Å². The third-order valence-electron chi connectivity index (χ3n) is 1.62. The van der Waals surface area contributed by atoms with Crippen molar-refractivity contribution in [2.75, 3.05) is 6.26 Å². The Morgan fingerprint density at radius 3 is 2.85 bits per heavy atom. The van der Waals surface area contributed by atoms with Crippen LogP contribution >= 0.6 is 11.8 Å². The fourth-order valence-corrected chi connectivity index (χ4v) is 1.14. The van der Waals surface area contributed by atoms with Crippen LogP contribution in [-0.4, -0.2) is 32.4 Å². The number of hydrogen-bond acceptors (Lipinski definition) is 5. The molecule has 0 saturated heterocycles. The van der Waals surface area contributed by atoms with Crippen LogP contribution < -0.4 is 0 Å². The van der Waals surface area contributed by atoms with Gasteiger partial charge in [0.15, 0.2) is 0 Å². The lowest BCUT2D eigenvalue weighted by molar-refractivity contribution is 0.310. The Bertz CT molecular complexity index is 307. The van der Waals surface area contributed by atoms with Gasteiger partial charge < -0.3 is 5.21 Å². The topological polar surface area (TPSA) is 63.3 Å². The van der Waals surface area contributed by atoms with Gasteiger partial charge in [-0.3, -0.25) is 0 Å². The van der Waals surface area contributed by atoms with Crippen LogP contribution in [0.25, 0.3) is 0 Å². The Balaban J connectivity index is 2.93. The molecule has 1 N–H and O–H groups in total. The van der Waals surface area contributed by atoms with E-state index in [0.717, 1.165) is 0 Å². The lowest BCUT2D eigenvalue weighted by Gasteiger charge is -2.17. The summed E-state index contributed by atoms with van der Waals surface area (Å²) in [4.78, 5) is 4.05. The fraction of sp³-hybridized carbons (Fsp3) is 0.571. The molecule has 72 valence electrons. The molecule has 0 unspecified atom stereocenters. The molecule has 0 amide bonds. The molecule has 0 aliphatic rings. The molecular formula is C7H12N4OS. The second-order valence-corrected chi connectivity index (χ2v) is 3.85. The molecule has 0 saturated carbocycles. The van der Waals surface area contributed by atoms with Crippen LogP contribution in [0.4, 0.5) is 0 Å². The molecule has 1 heterocycles. The van der Waals surface area contributed by atoms with Gasteiger partial charge in [-0.2, -0.15) is 0 Å². The molecule has 0 aromatic carbocycles. The lowest BCUT2D eigenvalue weighted by Crippen LogP contribution is -2.28. The van der Waals surface area contributed by atoms with Crippen molar-refractivity contribution in [2.24, 2.45) is 5.16 Å². The lowest BCUT2D eigenvalue weighted by atomic mass is 10.1. The van der Waals surface area contributed by atoms with Gasteiger partial charge in [0.2, 0.25) is 5.16 Å². The van der Waals surface area contributed by atoms with Gasteiger partial charge in [0.1, 0.15) is 6.33 Å². The zero-order chi connectivity index (χ0) is 9.90. The predicted octanol–water partition coefficient (Wildman–Crippen LogP) is 1.20. The third-order valence-corrected chi connectivity index (χ3v) is 2.17. The van der Waals surface area contributed by atoms with Crippen LogP contribution in [-0.2, 0) is 5.54 Å². The van der Waals surface area contributed by atoms with E-state index >= 15 is 0 Å². The van der Waals surface area contributed by atoms with E-state index in [4.69, 9.17) is 5.21 Å². The first kappa shape index (κ1) is 10.0. The maximum Gasteiger partial charge on any atom is 0.208 e. The highest BCUT2D eigenvalue weighted by Crippen LogP contribution is 2.13. The number of thioether (sulfide) groups is 1. The molecule has 1 aromatic heterocycles. The predicted molar refractivity (Wildman–Crippen MR) is 51.4 cm³/mol. The minimum Gasteiger partial charge on any atom is -0.411 e. The third kappa shape index (κ3) is 2.21. The van der Waals surface area contributed by atoms with Gasteiger partial charge in [0.05, 0.1) is 11.8 Å². The van der Waals surface area contributed by atoms with Crippen molar-refractivity contribution in [3.05, 3.63) is 6.33 Å². The molecule has 6 heteroatoms. The molecule has 0 aliphatic heterocycles. The van der Waals surface area contributed by atoms with E-state index in [0.29, 0.717) is 5.16 Å². The van der Waals surface area contributed by atoms with E-state index in [2.05, 4.69) is 15.2 Å². The van der Waals surface area contributed by atoms with Crippen LogP contribution in [0.15, 0.2) is 16.6 Å². The van der Waals surface area contributed by atoms with Gasteiger partial charge >= 0.3 is 0 Å². The Hall–Kier alpha value is -1.04. The Kier molecular flexibility index (Phi) is 2.92. The number of rotatable bonds is 3. The van der Waals surface area contributed by atoms with Gasteiger partial charge in [-0.05, 0) is 20.1 Å². The van der Waals surface area contributed by atoms with Crippen molar-refractivity contribution in [1.82, 2.24) is 14.8 Å². The summed E-state index contributed by atoms with van der Waals surface area (Å²) in [7, 11) is 0. The van der Waals surface area contributed by atoms with Gasteiger partial charge in [0.25, 0.3) is 0 Å². The molecule has 0 radical (unpaired) electrons. The summed E-state index contributed by atoms with van der Waals surface area (Å²) in [6, 6.07) is 0. The molecule has 0 bridgehead atoms. The van der Waals surface area contributed by atoms with Gasteiger partial charge in [0, 0.05) is 0 Å². The SMILES string of the molecule is CSc1ncn(C(C)(C)C=NO)n1. The van der Waals surface area contributed by atoms with Gasteiger partial charge in [-0.25, -0.2) is 9.67 Å². The molecule has 5 nitrogen and oxygen atoms in total. The van der Waals surface area contributed by atoms with Crippen LogP contribution in [0, 0.1) is 0 Å². The van der Waals surface area contributed by atoms with E-state index in [9.17, 15) is 0 Å². The molecule has 13 heavy (non-hydrogen) atoms. The summed E-state index contributed by atoms with van der Waals surface area (Å²) in [5, 5.41) is 16.3. The van der Waals surface area contributed by atoms with Gasteiger partial charge in [-0.15, -0.1) is 5.10 Å². The summed E-state index contributed by atoms with van der Waals surface area (Å²) < 4.78 is 1.65. The average Bonchev–Trinajstić information content (AvgIpc) is 2.52. The second kappa shape index (κ2) is 3.78. The molecule has 1 rings (SSSR count). The smallest absolute Gasteiger partial charge is 0.208 e. The van der Waals surface area contributed by atoms with Crippen molar-refractivity contribution in [1.29, 1.82) is 0 Å². The first-order chi connectivity index (χ1) is 6.10. The second-order valence-electron chi connectivity index (χ2n) is 3.07. The molecule has 1 aromatic rings. The summed E-state index contributed by atoms with van der Waals surface area (Å²) in [5.41, 5.74) is -0.449. The maximum atomic E-state index is 8.43. The fourth-order valence-electron chi connectivity index (χ4n) is 0.820. The molecule has 0 fully saturated rings. The summed E-state index contributed by atoms with van der Waals surface area (Å²) in [6.07, 6.45) is 4.94. The average molecular weight is 200 g/mol. The minimum absolute atomic E-state index is 0.449. The maximum absolute atomic E-state index is 8.43. The largest absolute Gasteiger partial charge is 0.411 e. The van der Waals surface area contributed by atoms with Crippen LogP contribution in [0.1, 0.15) is 13.8 Å². The van der Waals surface area contributed by atoms with Crippen LogP contribution in [0.5, 0.6) is 0 Å². The highest BCUT2D eigenvalue weighted by molar-refractivity contribution is 7.98. The van der Waals surface area contributed by atoms with E-state index in [1.807, 2.05) is 20.1 Å². The summed E-state index contributed by atoms with van der Waals surface area (Å²) in [6.45, 7) is 3.76. The Morgan fingerprint density at radius 2 is 2.38 bits per heavy atom. The molecule has 0 spiro atoms. The summed E-state index contributed by atoms with van der Waals surface area (Å²) >= 11 is 1.47. The molecular weight excluding hydrogens is 188 g/mol. The molecule has 0 aliphatic carbocycles. The molecule has 0 atom stereocenters. The van der Waals surface area contributed by atoms with Crippen molar-refractivity contribution >= 4 is 18.0 Å². The monoisotopic (exact) mass is 200 g/mol. The van der Waals surface area contributed by atoms with Crippen LogP contribution in [0.2, 0.25) is 0 Å². The van der Waals surface area contributed by atoms with E-state index in [1.165, 1.54) is 18.0 Å². The number of aromatic nitrogens is 3. The van der Waals surface area contributed by atoms with Gasteiger partial charge in [-0.1, -0.05) is 16.9 Å². The first-order valence-electron chi connectivity index (χ1n) is 3.75. The number of nitrogens with zero attached hydrogens (tertiary/aromatic N) is 4. The van der Waals surface area contributed by atoms with E-state index in [-0.39, 0.29) is 0 Å². The van der Waals surface area contributed by atoms with Crippen molar-refractivity contribution in [2.45, 2.75) is 24.5 Å². The highest BCUT2D eigenvalue weighted by atomic mass is 32.2. The first-order valence-corrected chi connectivity index (χ1v) is 4.97. The standard InChI is InChI=1S/C7H12N4OS/c1-7(2,4-9-12)11-5-8-6(10-11)13-3/h4-5,12H,1-3H3. The minimum atomic E-state index is -0.449. The van der Waals surface area contributed by atoms with Crippen LogP contribution in [0.3, 0.4) is 0 Å². The van der Waals surface area contributed by atoms with E-state index in [1.54, 1.807) is 11.0 Å².